The fourth-order valence-corrected chi connectivity index (χ4v) is 2.26. The van der Waals surface area contributed by atoms with Gasteiger partial charge in [0.15, 0.2) is 0 Å². The van der Waals surface area contributed by atoms with E-state index >= 15 is 0 Å². The molecule has 0 saturated heterocycles. The van der Waals surface area contributed by atoms with Crippen molar-refractivity contribution in [3.05, 3.63) is 12.2 Å². The Morgan fingerprint density at radius 1 is 1.22 bits per heavy atom. The van der Waals surface area contributed by atoms with Gasteiger partial charge in [0.05, 0.1) is 6.07 Å². The second-order valence-electron chi connectivity index (χ2n) is 5.31. The van der Waals surface area contributed by atoms with Crippen LogP contribution in [0.2, 0.25) is 11.1 Å². The minimum Gasteiger partial charge on any atom is -0.198 e. The zero-order valence-corrected chi connectivity index (χ0v) is 12.7. The Kier molecular flexibility index (Phi) is 9.84. The van der Waals surface area contributed by atoms with Gasteiger partial charge in [-0.05, 0) is 12.8 Å². The number of nitrogens with zero attached hydrogens (tertiary/aromatic N) is 1. The van der Waals surface area contributed by atoms with Crippen LogP contribution in [0, 0.1) is 11.3 Å². The number of allylic oxidation sites excluding steroid dienone is 2. The molecule has 0 saturated carbocycles. The number of hydrogen-bond donors (Lipinski definition) is 0. The number of unbranched alkanes of at least 4 members (excludes halogenated alkanes) is 3. The van der Waals surface area contributed by atoms with Crippen molar-refractivity contribution in [1.29, 1.82) is 5.26 Å². The van der Waals surface area contributed by atoms with Crippen molar-refractivity contribution in [2.24, 2.45) is 0 Å². The van der Waals surface area contributed by atoms with E-state index in [9.17, 15) is 5.26 Å². The molecule has 0 rings (SSSR count). The quantitative estimate of drug-likeness (QED) is 0.282. The van der Waals surface area contributed by atoms with Crippen LogP contribution in [-0.4, -0.2) is 7.28 Å². The Morgan fingerprint density at radius 3 is 2.44 bits per heavy atom. The van der Waals surface area contributed by atoms with E-state index in [-0.39, 0.29) is 5.31 Å². The molecule has 0 aliphatic carbocycles. The van der Waals surface area contributed by atoms with E-state index in [0.717, 1.165) is 12.8 Å². The zero-order chi connectivity index (χ0) is 13.9. The summed E-state index contributed by atoms with van der Waals surface area (Å²) >= 11 is 0. The standard InChI is InChI=1S/C16H29BN/c1-5-8-10-11-12-15(4)17-16(7-3,14-18)13-9-6-2/h9,13,15H,5-8,10-12H2,1-4H3. The van der Waals surface area contributed by atoms with Crippen LogP contribution in [0.15, 0.2) is 12.2 Å². The van der Waals surface area contributed by atoms with E-state index in [0.29, 0.717) is 5.82 Å². The lowest BCUT2D eigenvalue weighted by molar-refractivity contribution is 0.615. The summed E-state index contributed by atoms with van der Waals surface area (Å²) in [5.74, 6) is 0.531. The summed E-state index contributed by atoms with van der Waals surface area (Å²) in [5, 5.41) is 9.08. The summed E-state index contributed by atoms with van der Waals surface area (Å²) in [6.07, 6.45) is 12.5. The van der Waals surface area contributed by atoms with Gasteiger partial charge in [-0.1, -0.05) is 77.8 Å². The Balaban J connectivity index is 4.24. The maximum absolute atomic E-state index is 9.43. The third-order valence-corrected chi connectivity index (χ3v) is 3.54. The van der Waals surface area contributed by atoms with Crippen molar-refractivity contribution >= 4 is 7.28 Å². The molecule has 0 aromatic heterocycles. The maximum atomic E-state index is 9.43. The van der Waals surface area contributed by atoms with Crippen LogP contribution in [0.25, 0.3) is 0 Å². The predicted octanol–water partition coefficient (Wildman–Crippen LogP) is 5.53. The second-order valence-corrected chi connectivity index (χ2v) is 5.31. The first-order chi connectivity index (χ1) is 8.64. The highest BCUT2D eigenvalue weighted by atomic mass is 14.3. The third-order valence-electron chi connectivity index (χ3n) is 3.54. The highest BCUT2D eigenvalue weighted by molar-refractivity contribution is 6.44. The molecule has 18 heavy (non-hydrogen) atoms. The van der Waals surface area contributed by atoms with Gasteiger partial charge in [-0.2, -0.15) is 5.26 Å². The molecule has 0 aromatic rings. The summed E-state index contributed by atoms with van der Waals surface area (Å²) in [5.41, 5.74) is 0. The average Bonchev–Trinajstić information content (AvgIpc) is 2.40. The van der Waals surface area contributed by atoms with Gasteiger partial charge < -0.3 is 0 Å². The molecule has 2 heteroatoms. The van der Waals surface area contributed by atoms with E-state index in [4.69, 9.17) is 0 Å². The summed E-state index contributed by atoms with van der Waals surface area (Å²) < 4.78 is 0. The molecule has 2 unspecified atom stereocenters. The number of nitriles is 1. The van der Waals surface area contributed by atoms with Gasteiger partial charge in [0.25, 0.3) is 0 Å². The molecule has 0 fully saturated rings. The van der Waals surface area contributed by atoms with Crippen LogP contribution >= 0.6 is 0 Å². The Bertz CT molecular complexity index is 267. The van der Waals surface area contributed by atoms with Crippen LogP contribution in [-0.2, 0) is 0 Å². The second kappa shape index (κ2) is 10.2. The molecule has 101 valence electrons. The predicted molar refractivity (Wildman–Crippen MR) is 82.0 cm³/mol. The molecule has 0 aromatic carbocycles. The first-order valence-corrected chi connectivity index (χ1v) is 7.59. The van der Waals surface area contributed by atoms with Crippen molar-refractivity contribution < 1.29 is 0 Å². The van der Waals surface area contributed by atoms with Gasteiger partial charge in [-0.25, -0.2) is 0 Å². The van der Waals surface area contributed by atoms with E-state index in [2.05, 4.69) is 53.2 Å². The summed E-state index contributed by atoms with van der Waals surface area (Å²) in [6, 6.07) is 2.49. The normalized spacial score (nSPS) is 16.2. The topological polar surface area (TPSA) is 23.8 Å². The first-order valence-electron chi connectivity index (χ1n) is 7.59. The number of rotatable bonds is 10. The Morgan fingerprint density at radius 2 is 1.94 bits per heavy atom. The highest BCUT2D eigenvalue weighted by Crippen LogP contribution is 2.35. The molecule has 0 aliphatic rings. The summed E-state index contributed by atoms with van der Waals surface area (Å²) in [4.78, 5) is 0. The molecular formula is C16H29BN. The van der Waals surface area contributed by atoms with E-state index in [1.165, 1.54) is 32.1 Å². The van der Waals surface area contributed by atoms with Crippen LogP contribution in [0.3, 0.4) is 0 Å². The van der Waals surface area contributed by atoms with Crippen molar-refractivity contribution in [1.82, 2.24) is 0 Å². The van der Waals surface area contributed by atoms with Gasteiger partial charge in [0, 0.05) is 5.31 Å². The molecule has 0 aliphatic heterocycles. The lowest BCUT2D eigenvalue weighted by Gasteiger charge is -2.24. The van der Waals surface area contributed by atoms with Crippen LogP contribution in [0.1, 0.15) is 72.6 Å². The Labute approximate surface area is 115 Å². The van der Waals surface area contributed by atoms with E-state index in [1.54, 1.807) is 0 Å². The maximum Gasteiger partial charge on any atom is 0.146 e. The monoisotopic (exact) mass is 246 g/mol. The molecule has 0 amide bonds. The lowest BCUT2D eigenvalue weighted by atomic mass is 9.44. The first kappa shape index (κ1) is 17.3. The van der Waals surface area contributed by atoms with Crippen molar-refractivity contribution in [2.75, 3.05) is 0 Å². The molecule has 0 bridgehead atoms. The zero-order valence-electron chi connectivity index (χ0n) is 12.7. The van der Waals surface area contributed by atoms with E-state index in [1.807, 2.05) is 0 Å². The summed E-state index contributed by atoms with van der Waals surface area (Å²) in [7, 11) is 2.26. The largest absolute Gasteiger partial charge is 0.198 e. The third kappa shape index (κ3) is 6.89. The smallest absolute Gasteiger partial charge is 0.146 e. The molecule has 1 nitrogen and oxygen atoms in total. The molecule has 0 N–H and O–H groups in total. The summed E-state index contributed by atoms with van der Waals surface area (Å²) in [6.45, 7) is 8.70. The highest BCUT2D eigenvalue weighted by Gasteiger charge is 2.27. The van der Waals surface area contributed by atoms with Gasteiger partial charge in [-0.15, -0.1) is 0 Å². The van der Waals surface area contributed by atoms with Crippen molar-refractivity contribution in [2.45, 2.75) is 83.8 Å². The minimum atomic E-state index is -0.347. The fourth-order valence-electron chi connectivity index (χ4n) is 2.26. The molecule has 0 heterocycles. The number of hydrogen-bond acceptors (Lipinski definition) is 1. The molecule has 2 atom stereocenters. The molecule has 1 radical (unpaired) electrons. The van der Waals surface area contributed by atoms with Crippen molar-refractivity contribution in [3.63, 3.8) is 0 Å². The fraction of sp³-hybridized carbons (Fsp3) is 0.812. The Hall–Kier alpha value is -0.705. The minimum absolute atomic E-state index is 0.347. The van der Waals surface area contributed by atoms with E-state index < -0.39 is 0 Å². The van der Waals surface area contributed by atoms with Gasteiger partial charge in [0.1, 0.15) is 7.28 Å². The average molecular weight is 246 g/mol. The van der Waals surface area contributed by atoms with Gasteiger partial charge >= 0.3 is 0 Å². The lowest BCUT2D eigenvalue weighted by Crippen LogP contribution is -2.19. The SMILES string of the molecule is CCC=CC([B]C(C)CCCCCC)(C#N)CC. The van der Waals surface area contributed by atoms with Crippen LogP contribution in [0.4, 0.5) is 0 Å². The van der Waals surface area contributed by atoms with Crippen LogP contribution in [0.5, 0.6) is 0 Å². The van der Waals surface area contributed by atoms with Crippen molar-refractivity contribution in [3.8, 4) is 6.07 Å². The van der Waals surface area contributed by atoms with Gasteiger partial charge in [-0.3, -0.25) is 0 Å². The molecule has 0 spiro atoms. The van der Waals surface area contributed by atoms with Gasteiger partial charge in [0.2, 0.25) is 0 Å². The van der Waals surface area contributed by atoms with Crippen LogP contribution < -0.4 is 0 Å². The molecular weight excluding hydrogens is 217 g/mol.